The van der Waals surface area contributed by atoms with Crippen LogP contribution in [0, 0.1) is 11.8 Å². The monoisotopic (exact) mass is 411 g/mol. The van der Waals surface area contributed by atoms with Gasteiger partial charge >= 0.3 is 6.18 Å². The summed E-state index contributed by atoms with van der Waals surface area (Å²) in [6, 6.07) is 7.89. The highest BCUT2D eigenvalue weighted by atomic mass is 19.4. The van der Waals surface area contributed by atoms with Gasteiger partial charge in [0, 0.05) is 32.6 Å². The minimum Gasteiger partial charge on any atom is -0.352 e. The third kappa shape index (κ3) is 6.19. The molecule has 8 heteroatoms. The molecule has 3 rings (SSSR count). The summed E-state index contributed by atoms with van der Waals surface area (Å²) in [5.74, 6) is -1.05. The highest BCUT2D eigenvalue weighted by Gasteiger charge is 2.40. The van der Waals surface area contributed by atoms with Crippen LogP contribution >= 0.6 is 0 Å². The molecule has 1 aromatic rings. The molecule has 2 aliphatic rings. The van der Waals surface area contributed by atoms with Crippen LogP contribution in [0.3, 0.4) is 0 Å². The molecule has 0 aromatic heterocycles. The van der Waals surface area contributed by atoms with E-state index in [2.05, 4.69) is 17.1 Å². The number of benzene rings is 1. The smallest absolute Gasteiger partial charge is 0.352 e. The number of alkyl halides is 3. The normalized spacial score (nSPS) is 23.4. The van der Waals surface area contributed by atoms with Gasteiger partial charge in [-0.2, -0.15) is 13.2 Å². The van der Waals surface area contributed by atoms with Crippen molar-refractivity contribution in [2.24, 2.45) is 11.8 Å². The number of amides is 2. The minimum absolute atomic E-state index is 0.171. The number of rotatable bonds is 6. The molecule has 0 bridgehead atoms. The van der Waals surface area contributed by atoms with E-state index in [0.29, 0.717) is 12.5 Å². The fourth-order valence-electron chi connectivity index (χ4n) is 4.20. The molecule has 2 amide bonds. The van der Waals surface area contributed by atoms with Crippen molar-refractivity contribution in [2.45, 2.75) is 45.5 Å². The summed E-state index contributed by atoms with van der Waals surface area (Å²) in [7, 11) is 0. The first-order chi connectivity index (χ1) is 13.7. The lowest BCUT2D eigenvalue weighted by Crippen LogP contribution is -2.37. The van der Waals surface area contributed by atoms with Crippen LogP contribution < -0.4 is 5.32 Å². The highest BCUT2D eigenvalue weighted by molar-refractivity contribution is 5.89. The zero-order valence-corrected chi connectivity index (χ0v) is 16.7. The number of likely N-dealkylation sites (tertiary alicyclic amines) is 2. The lowest BCUT2D eigenvalue weighted by Gasteiger charge is -2.31. The van der Waals surface area contributed by atoms with E-state index in [-0.39, 0.29) is 18.9 Å². The zero-order chi connectivity index (χ0) is 21.0. The van der Waals surface area contributed by atoms with Crippen LogP contribution in [0.25, 0.3) is 0 Å². The Labute approximate surface area is 169 Å². The minimum atomic E-state index is -4.45. The van der Waals surface area contributed by atoms with Gasteiger partial charge in [-0.3, -0.25) is 14.5 Å². The largest absolute Gasteiger partial charge is 0.406 e. The van der Waals surface area contributed by atoms with E-state index in [1.807, 2.05) is 24.3 Å². The van der Waals surface area contributed by atoms with E-state index in [9.17, 15) is 22.8 Å². The molecule has 0 radical (unpaired) electrons. The second-order valence-electron chi connectivity index (χ2n) is 8.26. The molecule has 2 heterocycles. The van der Waals surface area contributed by atoms with Crippen molar-refractivity contribution < 1.29 is 22.8 Å². The summed E-state index contributed by atoms with van der Waals surface area (Å²) in [6.07, 6.45) is -2.19. The Kier molecular flexibility index (Phi) is 6.82. The molecule has 0 spiro atoms. The van der Waals surface area contributed by atoms with Gasteiger partial charge in [0.15, 0.2) is 0 Å². The number of hydrogen-bond acceptors (Lipinski definition) is 3. The first-order valence-electron chi connectivity index (χ1n) is 10.1. The number of hydrogen-bond donors (Lipinski definition) is 1. The summed E-state index contributed by atoms with van der Waals surface area (Å²) in [5, 5.41) is 2.81. The number of nitrogens with one attached hydrogen (secondary N) is 1. The van der Waals surface area contributed by atoms with Crippen molar-refractivity contribution in [1.29, 1.82) is 0 Å². The molecule has 2 fully saturated rings. The van der Waals surface area contributed by atoms with Crippen LogP contribution in [-0.2, 0) is 22.7 Å². The van der Waals surface area contributed by atoms with Crippen molar-refractivity contribution in [3.8, 4) is 0 Å². The molecule has 29 heavy (non-hydrogen) atoms. The van der Waals surface area contributed by atoms with Crippen LogP contribution in [0.5, 0.6) is 0 Å². The highest BCUT2D eigenvalue weighted by Crippen LogP contribution is 2.24. The predicted octanol–water partition coefficient (Wildman–Crippen LogP) is 2.95. The Balaban J connectivity index is 1.55. The van der Waals surface area contributed by atoms with E-state index < -0.39 is 24.5 Å². The molecule has 2 saturated heterocycles. The molecule has 0 aliphatic carbocycles. The van der Waals surface area contributed by atoms with Crippen LogP contribution in [0.2, 0.25) is 0 Å². The van der Waals surface area contributed by atoms with Gasteiger partial charge in [0.25, 0.3) is 0 Å². The van der Waals surface area contributed by atoms with Gasteiger partial charge in [-0.15, -0.1) is 0 Å². The lowest BCUT2D eigenvalue weighted by atomic mass is 9.99. The van der Waals surface area contributed by atoms with Gasteiger partial charge in [-0.05, 0) is 36.4 Å². The van der Waals surface area contributed by atoms with Crippen LogP contribution in [0.1, 0.15) is 37.3 Å². The Morgan fingerprint density at radius 2 is 1.93 bits per heavy atom. The Bertz CT molecular complexity index is 738. The van der Waals surface area contributed by atoms with Crippen molar-refractivity contribution in [1.82, 2.24) is 15.1 Å². The van der Waals surface area contributed by atoms with Gasteiger partial charge in [-0.25, -0.2) is 0 Å². The topological polar surface area (TPSA) is 52.7 Å². The van der Waals surface area contributed by atoms with E-state index in [4.69, 9.17) is 0 Å². The number of nitrogens with zero attached hydrogens (tertiary/aromatic N) is 2. The Morgan fingerprint density at radius 1 is 1.21 bits per heavy atom. The molecule has 5 nitrogen and oxygen atoms in total. The van der Waals surface area contributed by atoms with Crippen LogP contribution in [0.15, 0.2) is 24.3 Å². The van der Waals surface area contributed by atoms with E-state index in [0.717, 1.165) is 35.7 Å². The van der Waals surface area contributed by atoms with Gasteiger partial charge < -0.3 is 10.2 Å². The van der Waals surface area contributed by atoms with Crippen LogP contribution in [0.4, 0.5) is 13.2 Å². The zero-order valence-electron chi connectivity index (χ0n) is 16.7. The quantitative estimate of drug-likeness (QED) is 0.783. The third-order valence-corrected chi connectivity index (χ3v) is 5.66. The average molecular weight is 411 g/mol. The van der Waals surface area contributed by atoms with Gasteiger partial charge in [0.2, 0.25) is 11.8 Å². The summed E-state index contributed by atoms with van der Waals surface area (Å²) in [4.78, 5) is 27.4. The number of halogens is 3. The average Bonchev–Trinajstić information content (AvgIpc) is 3.00. The molecule has 0 saturated carbocycles. The maximum atomic E-state index is 12.5. The maximum absolute atomic E-state index is 12.5. The maximum Gasteiger partial charge on any atom is 0.406 e. The SMILES string of the molecule is CC1CCCN(Cc2ccccc2CNC(=O)C2CC(=O)N(CC(F)(F)F)C2)C1. The molecule has 1 N–H and O–H groups in total. The fourth-order valence-corrected chi connectivity index (χ4v) is 4.20. The summed E-state index contributed by atoms with van der Waals surface area (Å²) >= 11 is 0. The van der Waals surface area contributed by atoms with Crippen LogP contribution in [-0.4, -0.2) is 54.0 Å². The number of carbonyl (C=O) groups excluding carboxylic acids is 2. The second-order valence-corrected chi connectivity index (χ2v) is 8.26. The van der Waals surface area contributed by atoms with Crippen molar-refractivity contribution in [2.75, 3.05) is 26.2 Å². The predicted molar refractivity (Wildman–Crippen MR) is 103 cm³/mol. The molecular weight excluding hydrogens is 383 g/mol. The van der Waals surface area contributed by atoms with E-state index in [1.165, 1.54) is 12.8 Å². The van der Waals surface area contributed by atoms with Gasteiger partial charge in [0.1, 0.15) is 6.54 Å². The van der Waals surface area contributed by atoms with E-state index >= 15 is 0 Å². The molecule has 2 atom stereocenters. The number of carbonyl (C=O) groups is 2. The molecule has 160 valence electrons. The van der Waals surface area contributed by atoms with Crippen molar-refractivity contribution >= 4 is 11.8 Å². The lowest BCUT2D eigenvalue weighted by molar-refractivity contribution is -0.157. The summed E-state index contributed by atoms with van der Waals surface area (Å²) in [5.41, 5.74) is 2.14. The van der Waals surface area contributed by atoms with Crippen molar-refractivity contribution in [3.05, 3.63) is 35.4 Å². The first kappa shape index (κ1) is 21.6. The molecular formula is C21H28F3N3O2. The first-order valence-corrected chi connectivity index (χ1v) is 10.1. The third-order valence-electron chi connectivity index (χ3n) is 5.66. The Hall–Kier alpha value is -2.09. The van der Waals surface area contributed by atoms with E-state index in [1.54, 1.807) is 0 Å². The molecule has 2 unspecified atom stereocenters. The van der Waals surface area contributed by atoms with Gasteiger partial charge in [-0.1, -0.05) is 31.2 Å². The summed E-state index contributed by atoms with van der Waals surface area (Å²) in [6.45, 7) is 4.01. The second kappa shape index (κ2) is 9.15. The Morgan fingerprint density at radius 3 is 2.62 bits per heavy atom. The fraction of sp³-hybridized carbons (Fsp3) is 0.619. The summed E-state index contributed by atoms with van der Waals surface area (Å²) < 4.78 is 37.6. The van der Waals surface area contributed by atoms with Gasteiger partial charge in [0.05, 0.1) is 5.92 Å². The molecule has 1 aromatic carbocycles. The number of piperidine rings is 1. The van der Waals surface area contributed by atoms with Crippen molar-refractivity contribution in [3.63, 3.8) is 0 Å². The standard InChI is InChI=1S/C21H28F3N3O2/c1-15-5-4-8-26(11-15)12-17-7-3-2-6-16(17)10-25-20(29)18-9-19(28)27(13-18)14-21(22,23)24/h2-3,6-7,15,18H,4-5,8-14H2,1H3,(H,25,29). The molecule has 2 aliphatic heterocycles.